The third-order valence-corrected chi connectivity index (χ3v) is 3.84. The van der Waals surface area contributed by atoms with Crippen LogP contribution in [0.25, 0.3) is 22.3 Å². The summed E-state index contributed by atoms with van der Waals surface area (Å²) in [5, 5.41) is 0.879. The first kappa shape index (κ1) is 17.2. The molecule has 0 amide bonds. The van der Waals surface area contributed by atoms with Gasteiger partial charge in [0.1, 0.15) is 12.2 Å². The highest BCUT2D eigenvalue weighted by Gasteiger charge is 2.20. The number of carbonyl (C=O) groups excluding carboxylic acids is 1. The van der Waals surface area contributed by atoms with Crippen molar-refractivity contribution >= 4 is 28.5 Å². The number of hydrogen-bond donors (Lipinski definition) is 0. The highest BCUT2D eigenvalue weighted by atomic mass is 35.5. The molecule has 1 aromatic heterocycles. The Hall–Kier alpha value is -2.63. The number of fused-ring (bicyclic) bond motifs is 1. The maximum atomic E-state index is 12.8. The SMILES string of the molecule is COCC(=O)Oc1c(-c2ccc(Cl)cc2)oc2cc(C)ccc2c1=O. The molecular weight excluding hydrogens is 344 g/mol. The smallest absolute Gasteiger partial charge is 0.337 e. The Balaban J connectivity index is 2.25. The highest BCUT2D eigenvalue weighted by Crippen LogP contribution is 2.32. The number of aryl methyl sites for hydroxylation is 1. The summed E-state index contributed by atoms with van der Waals surface area (Å²) in [4.78, 5) is 24.7. The van der Waals surface area contributed by atoms with Crippen molar-refractivity contribution in [3.05, 3.63) is 63.3 Å². The lowest BCUT2D eigenvalue weighted by molar-refractivity contribution is -0.138. The maximum Gasteiger partial charge on any atom is 0.337 e. The van der Waals surface area contributed by atoms with Crippen LogP contribution in [0.4, 0.5) is 0 Å². The first-order valence-electron chi connectivity index (χ1n) is 7.52. The minimum Gasteiger partial charge on any atom is -0.452 e. The van der Waals surface area contributed by atoms with Gasteiger partial charge in [0.15, 0.2) is 5.76 Å². The molecule has 0 aliphatic carbocycles. The van der Waals surface area contributed by atoms with Gasteiger partial charge in [-0.15, -0.1) is 0 Å². The standard InChI is InChI=1S/C19H15ClO5/c1-11-3-8-14-15(9-11)24-18(12-4-6-13(20)7-5-12)19(17(14)22)25-16(21)10-23-2/h3-9H,10H2,1-2H3. The molecule has 0 saturated heterocycles. The van der Waals surface area contributed by atoms with Gasteiger partial charge in [-0.05, 0) is 48.9 Å². The summed E-state index contributed by atoms with van der Waals surface area (Å²) in [5.41, 5.74) is 1.52. The van der Waals surface area contributed by atoms with Gasteiger partial charge in [-0.25, -0.2) is 4.79 Å². The van der Waals surface area contributed by atoms with Crippen LogP contribution in [0.3, 0.4) is 0 Å². The molecule has 0 aliphatic rings. The largest absolute Gasteiger partial charge is 0.452 e. The lowest BCUT2D eigenvalue weighted by Crippen LogP contribution is -2.19. The molecule has 3 rings (SSSR count). The molecule has 0 atom stereocenters. The van der Waals surface area contributed by atoms with Crippen LogP contribution in [-0.2, 0) is 9.53 Å². The second kappa shape index (κ2) is 7.09. The quantitative estimate of drug-likeness (QED) is 0.660. The van der Waals surface area contributed by atoms with Gasteiger partial charge in [0, 0.05) is 17.7 Å². The first-order valence-corrected chi connectivity index (χ1v) is 7.90. The molecule has 0 radical (unpaired) electrons. The van der Waals surface area contributed by atoms with Crippen molar-refractivity contribution in [1.29, 1.82) is 0 Å². The van der Waals surface area contributed by atoms with Gasteiger partial charge in [-0.1, -0.05) is 17.7 Å². The van der Waals surface area contributed by atoms with Crippen molar-refractivity contribution in [2.75, 3.05) is 13.7 Å². The maximum absolute atomic E-state index is 12.8. The van der Waals surface area contributed by atoms with Gasteiger partial charge in [-0.2, -0.15) is 0 Å². The van der Waals surface area contributed by atoms with Crippen LogP contribution in [-0.4, -0.2) is 19.7 Å². The molecule has 6 heteroatoms. The van der Waals surface area contributed by atoms with E-state index in [4.69, 9.17) is 25.5 Å². The number of ether oxygens (including phenoxy) is 2. The van der Waals surface area contributed by atoms with Crippen LogP contribution in [0.15, 0.2) is 51.7 Å². The number of halogens is 1. The second-order valence-corrected chi connectivity index (χ2v) is 5.94. The molecule has 1 heterocycles. The third-order valence-electron chi connectivity index (χ3n) is 3.59. The fourth-order valence-electron chi connectivity index (χ4n) is 2.43. The van der Waals surface area contributed by atoms with Crippen molar-refractivity contribution in [3.63, 3.8) is 0 Å². The highest BCUT2D eigenvalue weighted by molar-refractivity contribution is 6.30. The summed E-state index contributed by atoms with van der Waals surface area (Å²) >= 11 is 5.92. The number of esters is 1. The number of carbonyl (C=O) groups is 1. The van der Waals surface area contributed by atoms with Gasteiger partial charge >= 0.3 is 5.97 Å². The predicted molar refractivity (Wildman–Crippen MR) is 95.2 cm³/mol. The van der Waals surface area contributed by atoms with E-state index in [1.165, 1.54) is 7.11 Å². The molecule has 0 fully saturated rings. The molecule has 0 saturated carbocycles. The van der Waals surface area contributed by atoms with E-state index in [0.717, 1.165) is 5.56 Å². The van der Waals surface area contributed by atoms with E-state index in [1.807, 2.05) is 6.92 Å². The average molecular weight is 359 g/mol. The summed E-state index contributed by atoms with van der Waals surface area (Å²) in [6, 6.07) is 11.9. The Bertz CT molecular complexity index is 989. The van der Waals surface area contributed by atoms with Gasteiger partial charge in [-0.3, -0.25) is 4.79 Å². The van der Waals surface area contributed by atoms with Crippen LogP contribution in [0, 0.1) is 6.92 Å². The predicted octanol–water partition coefficient (Wildman–Crippen LogP) is 3.97. The van der Waals surface area contributed by atoms with Crippen molar-refractivity contribution < 1.29 is 18.7 Å². The molecule has 5 nitrogen and oxygen atoms in total. The normalized spacial score (nSPS) is 10.8. The molecule has 0 spiro atoms. The van der Waals surface area contributed by atoms with E-state index < -0.39 is 11.4 Å². The van der Waals surface area contributed by atoms with Crippen LogP contribution in [0.2, 0.25) is 5.02 Å². The first-order chi connectivity index (χ1) is 12.0. The number of rotatable bonds is 4. The van der Waals surface area contributed by atoms with Gasteiger partial charge in [0.2, 0.25) is 11.2 Å². The van der Waals surface area contributed by atoms with Gasteiger partial charge in [0.25, 0.3) is 0 Å². The summed E-state index contributed by atoms with van der Waals surface area (Å²) in [5.74, 6) is -0.679. The van der Waals surface area contributed by atoms with Gasteiger partial charge < -0.3 is 13.9 Å². The van der Waals surface area contributed by atoms with Crippen molar-refractivity contribution in [2.24, 2.45) is 0 Å². The minimum atomic E-state index is -0.684. The zero-order valence-electron chi connectivity index (χ0n) is 13.7. The van der Waals surface area contributed by atoms with E-state index in [0.29, 0.717) is 21.6 Å². The van der Waals surface area contributed by atoms with E-state index in [2.05, 4.69) is 0 Å². The number of benzene rings is 2. The lowest BCUT2D eigenvalue weighted by Gasteiger charge is -2.11. The second-order valence-electron chi connectivity index (χ2n) is 5.50. The number of hydrogen-bond acceptors (Lipinski definition) is 5. The van der Waals surface area contributed by atoms with Crippen LogP contribution in [0.1, 0.15) is 5.56 Å². The molecule has 3 aromatic rings. The average Bonchev–Trinajstić information content (AvgIpc) is 2.58. The lowest BCUT2D eigenvalue weighted by atomic mass is 10.1. The molecule has 0 unspecified atom stereocenters. The van der Waals surface area contributed by atoms with E-state index >= 15 is 0 Å². The van der Waals surface area contributed by atoms with Crippen LogP contribution < -0.4 is 10.2 Å². The molecule has 0 bridgehead atoms. The molecule has 0 aliphatic heterocycles. The Kier molecular flexibility index (Phi) is 4.88. The van der Waals surface area contributed by atoms with E-state index in [9.17, 15) is 9.59 Å². The topological polar surface area (TPSA) is 65.7 Å². The molecule has 0 N–H and O–H groups in total. The molecule has 2 aromatic carbocycles. The molecular formula is C19H15ClO5. The fraction of sp³-hybridized carbons (Fsp3) is 0.158. The van der Waals surface area contributed by atoms with E-state index in [1.54, 1.807) is 42.5 Å². The Morgan fingerprint density at radius 2 is 1.88 bits per heavy atom. The summed E-state index contributed by atoms with van der Waals surface area (Å²) in [6.07, 6.45) is 0. The van der Waals surface area contributed by atoms with Crippen molar-refractivity contribution in [2.45, 2.75) is 6.92 Å². The zero-order chi connectivity index (χ0) is 18.0. The summed E-state index contributed by atoms with van der Waals surface area (Å²) < 4.78 is 15.9. The monoisotopic (exact) mass is 358 g/mol. The van der Waals surface area contributed by atoms with Crippen molar-refractivity contribution in [3.8, 4) is 17.1 Å². The fourth-order valence-corrected chi connectivity index (χ4v) is 2.55. The molecule has 25 heavy (non-hydrogen) atoms. The molecule has 128 valence electrons. The summed E-state index contributed by atoms with van der Waals surface area (Å²) in [7, 11) is 1.37. The van der Waals surface area contributed by atoms with Crippen LogP contribution in [0.5, 0.6) is 5.75 Å². The zero-order valence-corrected chi connectivity index (χ0v) is 14.4. The Morgan fingerprint density at radius 3 is 2.56 bits per heavy atom. The third kappa shape index (κ3) is 3.57. The van der Waals surface area contributed by atoms with Crippen LogP contribution >= 0.6 is 11.6 Å². The Morgan fingerprint density at radius 1 is 1.16 bits per heavy atom. The van der Waals surface area contributed by atoms with E-state index in [-0.39, 0.29) is 18.1 Å². The van der Waals surface area contributed by atoms with Gasteiger partial charge in [0.05, 0.1) is 5.39 Å². The Labute approximate surface area is 148 Å². The minimum absolute atomic E-state index is 0.166. The van der Waals surface area contributed by atoms with Crippen molar-refractivity contribution in [1.82, 2.24) is 0 Å². The summed E-state index contributed by atoms with van der Waals surface area (Å²) in [6.45, 7) is 1.62. The number of methoxy groups -OCH3 is 1.